The molecule has 1 saturated heterocycles. The first-order chi connectivity index (χ1) is 9.87. The van der Waals surface area contributed by atoms with Gasteiger partial charge in [0.25, 0.3) is 0 Å². The van der Waals surface area contributed by atoms with Crippen molar-refractivity contribution in [3.8, 4) is 0 Å². The lowest BCUT2D eigenvalue weighted by Crippen LogP contribution is -2.40. The summed E-state index contributed by atoms with van der Waals surface area (Å²) in [7, 11) is -1.71. The fourth-order valence-electron chi connectivity index (χ4n) is 3.10. The molecule has 0 saturated carbocycles. The number of likely N-dealkylation sites (tertiary alicyclic amines) is 1. The Morgan fingerprint density at radius 2 is 2.00 bits per heavy atom. The highest BCUT2D eigenvalue weighted by atomic mass is 32.2. The van der Waals surface area contributed by atoms with Gasteiger partial charge in [0.15, 0.2) is 0 Å². The summed E-state index contributed by atoms with van der Waals surface area (Å²) in [6.07, 6.45) is 5.01. The van der Waals surface area contributed by atoms with Crippen molar-refractivity contribution in [2.24, 2.45) is 18.9 Å². The average Bonchev–Trinajstić information content (AvgIpc) is 2.81. The Morgan fingerprint density at radius 1 is 1.33 bits per heavy atom. The molecule has 2 heterocycles. The third kappa shape index (κ3) is 4.79. The molecule has 1 aliphatic heterocycles. The van der Waals surface area contributed by atoms with Crippen molar-refractivity contribution in [1.29, 1.82) is 0 Å². The van der Waals surface area contributed by atoms with E-state index in [9.17, 15) is 8.42 Å². The second-order valence-electron chi connectivity index (χ2n) is 6.31. The summed E-state index contributed by atoms with van der Waals surface area (Å²) in [5.74, 6) is 1.47. The number of nitrogens with one attached hydrogen (secondary N) is 1. The molecule has 0 bridgehead atoms. The number of nitrogens with zero attached hydrogens (tertiary/aromatic N) is 3. The Labute approximate surface area is 127 Å². The van der Waals surface area contributed by atoms with E-state index in [0.717, 1.165) is 37.9 Å². The predicted octanol–water partition coefficient (Wildman–Crippen LogP) is 1.07. The van der Waals surface area contributed by atoms with Gasteiger partial charge in [0.05, 0.1) is 6.20 Å². The van der Waals surface area contributed by atoms with Crippen LogP contribution in [0.4, 0.5) is 0 Å². The lowest BCUT2D eigenvalue weighted by molar-refractivity contribution is 0.140. The molecule has 2 atom stereocenters. The maximum atomic E-state index is 12.0. The van der Waals surface area contributed by atoms with Crippen molar-refractivity contribution in [2.45, 2.75) is 31.6 Å². The normalized spacial score (nSPS) is 24.3. The highest BCUT2D eigenvalue weighted by Gasteiger charge is 2.21. The molecule has 120 valence electrons. The van der Waals surface area contributed by atoms with E-state index < -0.39 is 10.0 Å². The highest BCUT2D eigenvalue weighted by molar-refractivity contribution is 7.89. The lowest BCUT2D eigenvalue weighted by atomic mass is 9.92. The second-order valence-corrected chi connectivity index (χ2v) is 8.07. The van der Waals surface area contributed by atoms with Gasteiger partial charge in [-0.3, -0.25) is 4.68 Å². The molecule has 0 aliphatic carbocycles. The van der Waals surface area contributed by atoms with Crippen molar-refractivity contribution >= 4 is 10.0 Å². The van der Waals surface area contributed by atoms with Gasteiger partial charge in [0.2, 0.25) is 10.0 Å². The van der Waals surface area contributed by atoms with Crippen LogP contribution >= 0.6 is 0 Å². The summed E-state index contributed by atoms with van der Waals surface area (Å²) in [5, 5.41) is 3.89. The summed E-state index contributed by atoms with van der Waals surface area (Å²) in [6.45, 7) is 8.24. The molecule has 0 unspecified atom stereocenters. The number of piperidine rings is 1. The van der Waals surface area contributed by atoms with E-state index in [2.05, 4.69) is 28.6 Å². The van der Waals surface area contributed by atoms with Crippen LogP contribution in [-0.4, -0.2) is 49.3 Å². The molecular formula is C14H26N4O2S. The first-order valence-corrected chi connectivity index (χ1v) is 9.06. The molecule has 21 heavy (non-hydrogen) atoms. The Kier molecular flexibility index (Phi) is 5.40. The van der Waals surface area contributed by atoms with E-state index in [4.69, 9.17) is 0 Å². The van der Waals surface area contributed by atoms with Crippen molar-refractivity contribution in [3.63, 3.8) is 0 Å². The standard InChI is InChI=1S/C14H26N4O2S/c1-12-7-13(2)10-18(9-12)6-4-5-16-21(19,20)14-8-15-17(3)11-14/h8,11-13,16H,4-7,9-10H2,1-3H3/t12-,13-/m0/s1. The molecule has 1 N–H and O–H groups in total. The Bertz CT molecular complexity index is 545. The van der Waals surface area contributed by atoms with Gasteiger partial charge in [-0.1, -0.05) is 13.8 Å². The van der Waals surface area contributed by atoms with Crippen molar-refractivity contribution in [1.82, 2.24) is 19.4 Å². The number of aryl methyl sites for hydroxylation is 1. The van der Waals surface area contributed by atoms with E-state index >= 15 is 0 Å². The molecule has 0 radical (unpaired) electrons. The molecule has 1 aromatic rings. The zero-order valence-corrected chi connectivity index (χ0v) is 13.9. The van der Waals surface area contributed by atoms with Crippen LogP contribution in [0.25, 0.3) is 0 Å². The Balaban J connectivity index is 1.74. The first kappa shape index (κ1) is 16.5. The van der Waals surface area contributed by atoms with Gasteiger partial charge < -0.3 is 4.90 Å². The smallest absolute Gasteiger partial charge is 0.243 e. The van der Waals surface area contributed by atoms with E-state index in [-0.39, 0.29) is 4.90 Å². The van der Waals surface area contributed by atoms with Gasteiger partial charge in [-0.05, 0) is 31.2 Å². The molecule has 1 aromatic heterocycles. The van der Waals surface area contributed by atoms with Crippen molar-refractivity contribution < 1.29 is 8.42 Å². The van der Waals surface area contributed by atoms with Crippen LogP contribution in [0.2, 0.25) is 0 Å². The number of hydrogen-bond acceptors (Lipinski definition) is 4. The maximum Gasteiger partial charge on any atom is 0.243 e. The molecule has 6 nitrogen and oxygen atoms in total. The van der Waals surface area contributed by atoms with Crippen molar-refractivity contribution in [2.75, 3.05) is 26.2 Å². The summed E-state index contributed by atoms with van der Waals surface area (Å²) in [4.78, 5) is 2.67. The number of aromatic nitrogens is 2. The van der Waals surface area contributed by atoms with E-state index in [1.807, 2.05) is 0 Å². The topological polar surface area (TPSA) is 67.2 Å². The van der Waals surface area contributed by atoms with E-state index in [1.165, 1.54) is 23.5 Å². The van der Waals surface area contributed by atoms with Crippen LogP contribution in [0.3, 0.4) is 0 Å². The van der Waals surface area contributed by atoms with Crippen molar-refractivity contribution in [3.05, 3.63) is 12.4 Å². The van der Waals surface area contributed by atoms with Gasteiger partial charge in [-0.15, -0.1) is 0 Å². The zero-order chi connectivity index (χ0) is 15.5. The van der Waals surface area contributed by atoms with Crippen LogP contribution in [0.5, 0.6) is 0 Å². The minimum atomic E-state index is -3.42. The van der Waals surface area contributed by atoms with Gasteiger partial charge in [-0.25, -0.2) is 13.1 Å². The van der Waals surface area contributed by atoms with E-state index in [0.29, 0.717) is 6.54 Å². The van der Waals surface area contributed by atoms with Gasteiger partial charge in [0, 0.05) is 32.9 Å². The summed E-state index contributed by atoms with van der Waals surface area (Å²) in [5.41, 5.74) is 0. The van der Waals surface area contributed by atoms with Gasteiger partial charge in [-0.2, -0.15) is 5.10 Å². The third-order valence-electron chi connectivity index (χ3n) is 3.88. The lowest BCUT2D eigenvalue weighted by Gasteiger charge is -2.34. The summed E-state index contributed by atoms with van der Waals surface area (Å²) < 4.78 is 28.2. The van der Waals surface area contributed by atoms with Crippen LogP contribution in [-0.2, 0) is 17.1 Å². The second kappa shape index (κ2) is 6.89. The quantitative estimate of drug-likeness (QED) is 0.798. The van der Waals surface area contributed by atoms with Gasteiger partial charge >= 0.3 is 0 Å². The van der Waals surface area contributed by atoms with Gasteiger partial charge in [0.1, 0.15) is 4.90 Å². The molecule has 0 spiro atoms. The minimum Gasteiger partial charge on any atom is -0.303 e. The molecule has 0 aromatic carbocycles. The average molecular weight is 314 g/mol. The van der Waals surface area contributed by atoms with Crippen LogP contribution in [0, 0.1) is 11.8 Å². The Hall–Kier alpha value is -0.920. The summed E-state index contributed by atoms with van der Waals surface area (Å²) in [6, 6.07) is 0. The van der Waals surface area contributed by atoms with E-state index in [1.54, 1.807) is 7.05 Å². The summed E-state index contributed by atoms with van der Waals surface area (Å²) >= 11 is 0. The largest absolute Gasteiger partial charge is 0.303 e. The minimum absolute atomic E-state index is 0.227. The number of rotatable bonds is 6. The zero-order valence-electron chi connectivity index (χ0n) is 13.1. The molecule has 2 rings (SSSR count). The maximum absolute atomic E-state index is 12.0. The third-order valence-corrected chi connectivity index (χ3v) is 5.29. The monoisotopic (exact) mass is 314 g/mol. The SMILES string of the molecule is C[C@H]1C[C@H](C)CN(CCCNS(=O)(=O)c2cnn(C)c2)C1. The van der Waals surface area contributed by atoms with Crippen LogP contribution < -0.4 is 4.72 Å². The molecule has 7 heteroatoms. The Morgan fingerprint density at radius 3 is 2.57 bits per heavy atom. The molecule has 1 fully saturated rings. The number of hydrogen-bond donors (Lipinski definition) is 1. The van der Waals surface area contributed by atoms with Crippen LogP contribution in [0.15, 0.2) is 17.3 Å². The molecule has 1 aliphatic rings. The van der Waals surface area contributed by atoms with Crippen LogP contribution in [0.1, 0.15) is 26.7 Å². The highest BCUT2D eigenvalue weighted by Crippen LogP contribution is 2.20. The predicted molar refractivity (Wildman–Crippen MR) is 82.4 cm³/mol. The molecular weight excluding hydrogens is 288 g/mol. The fourth-order valence-corrected chi connectivity index (χ4v) is 4.16. The fraction of sp³-hybridized carbons (Fsp3) is 0.786. The number of sulfonamides is 1. The molecule has 0 amide bonds. The first-order valence-electron chi connectivity index (χ1n) is 7.57.